The van der Waals surface area contributed by atoms with E-state index in [0.717, 1.165) is 16.8 Å². The number of amides is 2. The maximum Gasteiger partial charge on any atom is 0.282 e. The molecule has 0 saturated carbocycles. The quantitative estimate of drug-likeness (QED) is 0.426. The lowest BCUT2D eigenvalue weighted by molar-refractivity contribution is -0.120. The van der Waals surface area contributed by atoms with Gasteiger partial charge < -0.3 is 10.1 Å². The molecular weight excluding hydrogens is 436 g/mol. The molecule has 0 bridgehead atoms. The van der Waals surface area contributed by atoms with Gasteiger partial charge in [0, 0.05) is 5.69 Å². The first-order chi connectivity index (χ1) is 16.6. The number of aryl methyl sites for hydroxylation is 2. The third-order valence-electron chi connectivity index (χ3n) is 6.16. The van der Waals surface area contributed by atoms with Crippen LogP contribution in [0.25, 0.3) is 5.57 Å². The van der Waals surface area contributed by atoms with Gasteiger partial charge in [0.05, 0.1) is 17.9 Å². The van der Waals surface area contributed by atoms with E-state index in [2.05, 4.69) is 26.1 Å². The molecule has 0 unspecified atom stereocenters. The molecule has 1 aliphatic rings. The third-order valence-corrected chi connectivity index (χ3v) is 6.16. The first-order valence-corrected chi connectivity index (χ1v) is 11.9. The van der Waals surface area contributed by atoms with Gasteiger partial charge >= 0.3 is 0 Å². The number of ether oxygens (including phenoxy) is 1. The molecule has 0 atom stereocenters. The van der Waals surface area contributed by atoms with Crippen LogP contribution < -0.4 is 15.0 Å². The summed E-state index contributed by atoms with van der Waals surface area (Å²) >= 11 is 0. The molecule has 1 aliphatic heterocycles. The van der Waals surface area contributed by atoms with E-state index in [1.54, 1.807) is 0 Å². The molecule has 5 heteroatoms. The van der Waals surface area contributed by atoms with Crippen molar-refractivity contribution in [1.29, 1.82) is 0 Å². The molecule has 0 aliphatic carbocycles. The lowest BCUT2D eigenvalue weighted by atomic mass is 9.87. The molecule has 0 fully saturated rings. The summed E-state index contributed by atoms with van der Waals surface area (Å²) in [6.45, 7) is 12.8. The van der Waals surface area contributed by atoms with Crippen molar-refractivity contribution in [2.45, 2.75) is 47.0 Å². The molecule has 3 aromatic rings. The highest BCUT2D eigenvalue weighted by Crippen LogP contribution is 2.36. The second-order valence-electron chi connectivity index (χ2n) is 9.90. The Bertz CT molecular complexity index is 1300. The van der Waals surface area contributed by atoms with Crippen LogP contribution >= 0.6 is 0 Å². The van der Waals surface area contributed by atoms with E-state index in [9.17, 15) is 9.59 Å². The van der Waals surface area contributed by atoms with Gasteiger partial charge in [-0.15, -0.1) is 0 Å². The van der Waals surface area contributed by atoms with Gasteiger partial charge in [0.1, 0.15) is 11.4 Å². The van der Waals surface area contributed by atoms with Gasteiger partial charge in [-0.25, -0.2) is 4.90 Å². The van der Waals surface area contributed by atoms with Gasteiger partial charge in [0.2, 0.25) is 0 Å². The Balaban J connectivity index is 1.79. The summed E-state index contributed by atoms with van der Waals surface area (Å²) < 4.78 is 5.56. The van der Waals surface area contributed by atoms with Gasteiger partial charge in [-0.05, 0) is 78.8 Å². The number of nitrogens with zero attached hydrogens (tertiary/aromatic N) is 1. The lowest BCUT2D eigenvalue weighted by Crippen LogP contribution is -2.33. The largest absolute Gasteiger partial charge is 0.494 e. The van der Waals surface area contributed by atoms with Crippen molar-refractivity contribution >= 4 is 28.8 Å². The minimum Gasteiger partial charge on any atom is -0.494 e. The first kappa shape index (κ1) is 24.3. The van der Waals surface area contributed by atoms with Crippen molar-refractivity contribution in [1.82, 2.24) is 0 Å². The monoisotopic (exact) mass is 468 g/mol. The van der Waals surface area contributed by atoms with E-state index in [-0.39, 0.29) is 22.9 Å². The fourth-order valence-electron chi connectivity index (χ4n) is 4.18. The zero-order valence-corrected chi connectivity index (χ0v) is 21.2. The summed E-state index contributed by atoms with van der Waals surface area (Å²) in [5, 5.41) is 3.26. The van der Waals surface area contributed by atoms with Gasteiger partial charge in [-0.2, -0.15) is 0 Å². The van der Waals surface area contributed by atoms with Crippen LogP contribution in [0.4, 0.5) is 11.4 Å². The Hall–Kier alpha value is -3.86. The number of carbonyl (C=O) groups is 2. The number of imide groups is 1. The summed E-state index contributed by atoms with van der Waals surface area (Å²) in [5.41, 5.74) is 5.67. The van der Waals surface area contributed by atoms with Crippen molar-refractivity contribution in [2.75, 3.05) is 16.8 Å². The second kappa shape index (κ2) is 9.41. The number of rotatable bonds is 6. The predicted octanol–water partition coefficient (Wildman–Crippen LogP) is 6.40. The molecule has 4 rings (SSSR count). The lowest BCUT2D eigenvalue weighted by Gasteiger charge is -2.20. The Morgan fingerprint density at radius 3 is 2.11 bits per heavy atom. The SMILES string of the molecule is CCOc1ccc(C2=C(Nc3ccc(C(C)(C)C)cc3)C(=O)N(c3cc(C)ccc3C)C2=O)cc1. The van der Waals surface area contributed by atoms with Crippen molar-refractivity contribution in [3.63, 3.8) is 0 Å². The van der Waals surface area contributed by atoms with Crippen molar-refractivity contribution < 1.29 is 14.3 Å². The van der Waals surface area contributed by atoms with Crippen molar-refractivity contribution in [3.8, 4) is 5.75 Å². The average Bonchev–Trinajstić information content (AvgIpc) is 3.05. The molecule has 180 valence electrons. The Kier molecular flexibility index (Phi) is 6.53. The highest BCUT2D eigenvalue weighted by Gasteiger charge is 2.41. The minimum atomic E-state index is -0.368. The highest BCUT2D eigenvalue weighted by molar-refractivity contribution is 6.46. The molecule has 1 N–H and O–H groups in total. The fraction of sp³-hybridized carbons (Fsp3) is 0.267. The average molecular weight is 469 g/mol. The topological polar surface area (TPSA) is 58.6 Å². The summed E-state index contributed by atoms with van der Waals surface area (Å²) in [6, 6.07) is 21.0. The molecule has 0 aromatic heterocycles. The van der Waals surface area contributed by atoms with E-state index in [4.69, 9.17) is 4.74 Å². The maximum absolute atomic E-state index is 13.8. The van der Waals surface area contributed by atoms with Crippen LogP contribution in [-0.4, -0.2) is 18.4 Å². The molecule has 3 aromatic carbocycles. The number of hydrogen-bond acceptors (Lipinski definition) is 4. The second-order valence-corrected chi connectivity index (χ2v) is 9.90. The van der Waals surface area contributed by atoms with E-state index < -0.39 is 0 Å². The summed E-state index contributed by atoms with van der Waals surface area (Å²) in [5.74, 6) is 0.00133. The number of nitrogens with one attached hydrogen (secondary N) is 1. The highest BCUT2D eigenvalue weighted by atomic mass is 16.5. The smallest absolute Gasteiger partial charge is 0.282 e. The fourth-order valence-corrected chi connectivity index (χ4v) is 4.18. The first-order valence-electron chi connectivity index (χ1n) is 11.9. The Morgan fingerprint density at radius 1 is 0.857 bits per heavy atom. The summed E-state index contributed by atoms with van der Waals surface area (Å²) in [6.07, 6.45) is 0. The van der Waals surface area contributed by atoms with Crippen molar-refractivity contribution in [3.05, 3.63) is 94.7 Å². The molecule has 35 heavy (non-hydrogen) atoms. The zero-order valence-electron chi connectivity index (χ0n) is 21.2. The van der Waals surface area contributed by atoms with E-state index in [1.165, 1.54) is 10.5 Å². The minimum absolute atomic E-state index is 0.0178. The maximum atomic E-state index is 13.8. The van der Waals surface area contributed by atoms with Crippen LogP contribution in [0, 0.1) is 13.8 Å². The number of anilines is 2. The predicted molar refractivity (Wildman–Crippen MR) is 142 cm³/mol. The Labute approximate surface area is 207 Å². The van der Waals surface area contributed by atoms with Crippen molar-refractivity contribution in [2.24, 2.45) is 0 Å². The third kappa shape index (κ3) is 4.85. The molecule has 0 saturated heterocycles. The van der Waals surface area contributed by atoms with Gasteiger partial charge in [0.15, 0.2) is 0 Å². The van der Waals surface area contributed by atoms with Gasteiger partial charge in [0.25, 0.3) is 11.8 Å². The summed E-state index contributed by atoms with van der Waals surface area (Å²) in [7, 11) is 0. The number of carbonyl (C=O) groups excluding carboxylic acids is 2. The van der Waals surface area contributed by atoms with E-state index in [1.807, 2.05) is 87.5 Å². The summed E-state index contributed by atoms with van der Waals surface area (Å²) in [4.78, 5) is 28.8. The van der Waals surface area contributed by atoms with Crippen LogP contribution in [-0.2, 0) is 15.0 Å². The van der Waals surface area contributed by atoms with Crippen LogP contribution in [0.3, 0.4) is 0 Å². The van der Waals surface area contributed by atoms with Crippen LogP contribution in [0.2, 0.25) is 0 Å². The molecule has 0 spiro atoms. The molecule has 0 radical (unpaired) electrons. The normalized spacial score (nSPS) is 14.1. The van der Waals surface area contributed by atoms with E-state index in [0.29, 0.717) is 29.2 Å². The van der Waals surface area contributed by atoms with Gasteiger partial charge in [-0.1, -0.05) is 57.2 Å². The van der Waals surface area contributed by atoms with Crippen LogP contribution in [0.5, 0.6) is 5.75 Å². The van der Waals surface area contributed by atoms with Crippen LogP contribution in [0.1, 0.15) is 49.9 Å². The van der Waals surface area contributed by atoms with Gasteiger partial charge in [-0.3, -0.25) is 9.59 Å². The number of hydrogen-bond donors (Lipinski definition) is 1. The number of benzene rings is 3. The zero-order chi connectivity index (χ0) is 25.3. The molecule has 5 nitrogen and oxygen atoms in total. The molecule has 2 amide bonds. The Morgan fingerprint density at radius 2 is 1.51 bits per heavy atom. The van der Waals surface area contributed by atoms with E-state index >= 15 is 0 Å². The molecule has 1 heterocycles. The standard InChI is InChI=1S/C30H32N2O3/c1-7-35-24-16-10-21(11-17-24)26-27(31-23-14-12-22(13-15-23)30(4,5)6)29(34)32(28(26)33)25-18-19(2)8-9-20(25)3/h8-18,31H,7H2,1-6H3. The van der Waals surface area contributed by atoms with Crippen LogP contribution in [0.15, 0.2) is 72.4 Å². The molecular formula is C30H32N2O3.